The number of nitrogen functional groups attached to an aromatic ring is 1. The van der Waals surface area contributed by atoms with E-state index in [4.69, 9.17) is 5.73 Å². The molecule has 5 N–H and O–H groups in total. The predicted molar refractivity (Wildman–Crippen MR) is 85.7 cm³/mol. The number of rotatable bonds is 8. The van der Waals surface area contributed by atoms with Crippen LogP contribution in [0.4, 0.5) is 11.4 Å². The van der Waals surface area contributed by atoms with Crippen molar-refractivity contribution in [2.75, 3.05) is 24.1 Å². The maximum atomic E-state index is 12.0. The van der Waals surface area contributed by atoms with Gasteiger partial charge in [-0.2, -0.15) is 0 Å². The number of hydrogen-bond donors (Lipinski definition) is 4. The van der Waals surface area contributed by atoms with Gasteiger partial charge in [-0.3, -0.25) is 0 Å². The number of aliphatic hydroxyl groups is 1. The lowest BCUT2D eigenvalue weighted by Crippen LogP contribution is -2.33. The van der Waals surface area contributed by atoms with Crippen LogP contribution in [0.25, 0.3) is 0 Å². The molecule has 1 aromatic rings. The second-order valence-corrected chi connectivity index (χ2v) is 7.12. The van der Waals surface area contributed by atoms with Gasteiger partial charge in [-0.05, 0) is 31.5 Å². The molecule has 0 saturated heterocycles. The van der Waals surface area contributed by atoms with Crippen LogP contribution in [0.5, 0.6) is 0 Å². The fraction of sp³-hybridized carbons (Fsp3) is 0.571. The van der Waals surface area contributed by atoms with E-state index in [2.05, 4.69) is 10.0 Å². The third-order valence-electron chi connectivity index (χ3n) is 3.12. The molecule has 0 radical (unpaired) electrons. The fourth-order valence-corrected chi connectivity index (χ4v) is 3.11. The van der Waals surface area contributed by atoms with Gasteiger partial charge >= 0.3 is 0 Å². The van der Waals surface area contributed by atoms with Crippen LogP contribution in [-0.4, -0.2) is 32.2 Å². The Hall–Kier alpha value is -1.31. The van der Waals surface area contributed by atoms with Crippen LogP contribution in [0, 0.1) is 0 Å². The first kappa shape index (κ1) is 17.7. The Balaban J connectivity index is 2.94. The molecule has 6 nitrogen and oxygen atoms in total. The van der Waals surface area contributed by atoms with Gasteiger partial charge in [0.2, 0.25) is 10.0 Å². The van der Waals surface area contributed by atoms with Crippen LogP contribution in [0.2, 0.25) is 0 Å². The third kappa shape index (κ3) is 5.18. The highest BCUT2D eigenvalue weighted by Gasteiger charge is 2.20. The van der Waals surface area contributed by atoms with E-state index in [1.165, 1.54) is 12.1 Å². The second-order valence-electron chi connectivity index (χ2n) is 5.35. The average Bonchev–Trinajstić information content (AvgIpc) is 2.37. The summed E-state index contributed by atoms with van der Waals surface area (Å²) in [6.45, 7) is 6.07. The minimum atomic E-state index is -3.52. The summed E-state index contributed by atoms with van der Waals surface area (Å²) in [7, 11) is -3.52. The molecule has 1 unspecified atom stereocenters. The molecule has 0 bridgehead atoms. The van der Waals surface area contributed by atoms with Crippen molar-refractivity contribution in [2.45, 2.75) is 44.1 Å². The maximum Gasteiger partial charge on any atom is 0.240 e. The van der Waals surface area contributed by atoms with Crippen molar-refractivity contribution in [1.82, 2.24) is 4.72 Å². The van der Waals surface area contributed by atoms with Gasteiger partial charge in [0.15, 0.2) is 0 Å². The summed E-state index contributed by atoms with van der Waals surface area (Å²) < 4.78 is 26.4. The molecule has 0 amide bonds. The molecular weight excluding hydrogens is 290 g/mol. The van der Waals surface area contributed by atoms with Crippen molar-refractivity contribution in [3.05, 3.63) is 18.2 Å². The molecular formula is C14H25N3O3S. The Labute approximate surface area is 126 Å². The molecule has 0 aliphatic carbocycles. The first-order valence-electron chi connectivity index (χ1n) is 7.07. The van der Waals surface area contributed by atoms with Crippen LogP contribution in [0.15, 0.2) is 23.1 Å². The summed E-state index contributed by atoms with van der Waals surface area (Å²) in [5.41, 5.74) is 5.93. The topological polar surface area (TPSA) is 104 Å². The van der Waals surface area contributed by atoms with Gasteiger partial charge in [0.1, 0.15) is 0 Å². The molecule has 0 aliphatic heterocycles. The van der Waals surface area contributed by atoms with Gasteiger partial charge in [-0.15, -0.1) is 0 Å². The molecule has 1 rings (SSSR count). The molecule has 1 atom stereocenters. The van der Waals surface area contributed by atoms with E-state index in [1.807, 2.05) is 6.92 Å². The van der Waals surface area contributed by atoms with Gasteiger partial charge in [0, 0.05) is 13.1 Å². The molecule has 0 saturated carbocycles. The van der Waals surface area contributed by atoms with Crippen molar-refractivity contribution in [1.29, 1.82) is 0 Å². The van der Waals surface area contributed by atoms with Crippen LogP contribution < -0.4 is 15.8 Å². The zero-order valence-corrected chi connectivity index (χ0v) is 13.6. The molecule has 0 aliphatic rings. The largest absolute Gasteiger partial charge is 0.397 e. The van der Waals surface area contributed by atoms with Crippen LogP contribution in [0.3, 0.4) is 0 Å². The van der Waals surface area contributed by atoms with Crippen molar-refractivity contribution in [3.8, 4) is 0 Å². The summed E-state index contributed by atoms with van der Waals surface area (Å²) in [5.74, 6) is 0. The Morgan fingerprint density at radius 2 is 2.00 bits per heavy atom. The number of hydrogen-bond acceptors (Lipinski definition) is 5. The lowest BCUT2D eigenvalue weighted by molar-refractivity contribution is 0.0637. The smallest absolute Gasteiger partial charge is 0.240 e. The zero-order chi connectivity index (χ0) is 16.1. The average molecular weight is 315 g/mol. The van der Waals surface area contributed by atoms with Gasteiger partial charge in [-0.1, -0.05) is 20.3 Å². The molecule has 0 heterocycles. The van der Waals surface area contributed by atoms with E-state index < -0.39 is 15.6 Å². The zero-order valence-electron chi connectivity index (χ0n) is 12.8. The highest BCUT2D eigenvalue weighted by molar-refractivity contribution is 7.89. The van der Waals surface area contributed by atoms with E-state index in [-0.39, 0.29) is 4.90 Å². The number of sulfonamides is 1. The van der Waals surface area contributed by atoms with E-state index in [1.54, 1.807) is 19.9 Å². The summed E-state index contributed by atoms with van der Waals surface area (Å²) in [6.07, 6.45) is 1.51. The van der Waals surface area contributed by atoms with Crippen molar-refractivity contribution < 1.29 is 13.5 Å². The third-order valence-corrected chi connectivity index (χ3v) is 4.66. The standard InChI is InChI=1S/C14H25N3O3S/c1-4-8-14(3,18)10-16-13-9-11(6-7-12(13)15)21(19,20)17-5-2/h6-7,9,16-18H,4-5,8,10,15H2,1-3H3. The lowest BCUT2D eigenvalue weighted by Gasteiger charge is -2.24. The molecule has 1 aromatic carbocycles. The van der Waals surface area contributed by atoms with E-state index in [9.17, 15) is 13.5 Å². The minimum absolute atomic E-state index is 0.149. The van der Waals surface area contributed by atoms with Crippen LogP contribution in [0.1, 0.15) is 33.6 Å². The Kier molecular flexibility index (Phi) is 6.00. The van der Waals surface area contributed by atoms with E-state index >= 15 is 0 Å². The Morgan fingerprint density at radius 1 is 1.33 bits per heavy atom. The highest BCUT2D eigenvalue weighted by Crippen LogP contribution is 2.24. The minimum Gasteiger partial charge on any atom is -0.397 e. The highest BCUT2D eigenvalue weighted by atomic mass is 32.2. The molecule has 0 fully saturated rings. The van der Waals surface area contributed by atoms with Crippen molar-refractivity contribution >= 4 is 21.4 Å². The van der Waals surface area contributed by atoms with Gasteiger partial charge < -0.3 is 16.2 Å². The maximum absolute atomic E-state index is 12.0. The first-order chi connectivity index (χ1) is 9.72. The molecule has 21 heavy (non-hydrogen) atoms. The number of nitrogens with one attached hydrogen (secondary N) is 2. The fourth-order valence-electron chi connectivity index (χ4n) is 2.04. The van der Waals surface area contributed by atoms with Crippen LogP contribution in [-0.2, 0) is 10.0 Å². The lowest BCUT2D eigenvalue weighted by atomic mass is 10.0. The first-order valence-corrected chi connectivity index (χ1v) is 8.55. The van der Waals surface area contributed by atoms with E-state index in [0.717, 1.165) is 6.42 Å². The molecule has 7 heteroatoms. The van der Waals surface area contributed by atoms with Crippen molar-refractivity contribution in [2.24, 2.45) is 0 Å². The quantitative estimate of drug-likeness (QED) is 0.545. The summed E-state index contributed by atoms with van der Waals surface area (Å²) in [4.78, 5) is 0.149. The molecule has 0 aromatic heterocycles. The van der Waals surface area contributed by atoms with Gasteiger partial charge in [0.05, 0.1) is 21.9 Å². The Bertz CT molecular complexity index is 571. The molecule has 0 spiro atoms. The molecule has 120 valence electrons. The monoisotopic (exact) mass is 315 g/mol. The Morgan fingerprint density at radius 3 is 2.57 bits per heavy atom. The number of nitrogens with two attached hydrogens (primary N) is 1. The van der Waals surface area contributed by atoms with Gasteiger partial charge in [0.25, 0.3) is 0 Å². The number of anilines is 2. The van der Waals surface area contributed by atoms with Crippen LogP contribution >= 0.6 is 0 Å². The summed E-state index contributed by atoms with van der Waals surface area (Å²) >= 11 is 0. The van der Waals surface area contributed by atoms with E-state index in [0.29, 0.717) is 30.9 Å². The second kappa shape index (κ2) is 7.11. The SMILES string of the molecule is CCCC(C)(O)CNc1cc(S(=O)(=O)NCC)ccc1N. The summed E-state index contributed by atoms with van der Waals surface area (Å²) in [5, 5.41) is 13.2. The predicted octanol–water partition coefficient (Wildman–Crippen LogP) is 1.53. The normalized spacial score (nSPS) is 14.7. The van der Waals surface area contributed by atoms with Gasteiger partial charge in [-0.25, -0.2) is 13.1 Å². The van der Waals surface area contributed by atoms with Crippen molar-refractivity contribution in [3.63, 3.8) is 0 Å². The summed E-state index contributed by atoms with van der Waals surface area (Å²) in [6, 6.07) is 4.49. The number of benzene rings is 1.